The minimum absolute atomic E-state index is 0.219. The van der Waals surface area contributed by atoms with E-state index < -0.39 is 5.60 Å². The van der Waals surface area contributed by atoms with Gasteiger partial charge in [-0.2, -0.15) is 5.26 Å². The lowest BCUT2D eigenvalue weighted by molar-refractivity contribution is 0.0269. The zero-order valence-electron chi connectivity index (χ0n) is 13.1. The Bertz CT molecular complexity index is 599. The molecule has 1 aromatic rings. The first-order chi connectivity index (χ1) is 10.4. The summed E-state index contributed by atoms with van der Waals surface area (Å²) in [7, 11) is 0. The topological polar surface area (TPSA) is 78.5 Å². The van der Waals surface area contributed by atoms with Gasteiger partial charge in [-0.25, -0.2) is 4.79 Å². The number of nitriles is 1. The van der Waals surface area contributed by atoms with E-state index >= 15 is 0 Å². The number of furan rings is 1. The SMILES string of the molecule is CC(C)(C)OC(=O)N1CC2C(C1)C2NCc1ccc(C#N)o1. The number of hydrogen-bond acceptors (Lipinski definition) is 5. The minimum Gasteiger partial charge on any atom is -0.449 e. The zero-order chi connectivity index (χ0) is 15.9. The number of fused-ring (bicyclic) bond motifs is 1. The molecule has 1 aromatic heterocycles. The first-order valence-corrected chi connectivity index (χ1v) is 7.57. The molecular formula is C16H21N3O3. The lowest BCUT2D eigenvalue weighted by atomic mass is 10.2. The Morgan fingerprint density at radius 2 is 2.14 bits per heavy atom. The summed E-state index contributed by atoms with van der Waals surface area (Å²) in [5.74, 6) is 2.10. The summed E-state index contributed by atoms with van der Waals surface area (Å²) in [5.41, 5.74) is -0.445. The summed E-state index contributed by atoms with van der Waals surface area (Å²) in [6, 6.07) is 5.89. The van der Waals surface area contributed by atoms with Crippen molar-refractivity contribution in [1.82, 2.24) is 10.2 Å². The van der Waals surface area contributed by atoms with E-state index in [0.29, 0.717) is 30.2 Å². The van der Waals surface area contributed by atoms with Gasteiger partial charge >= 0.3 is 6.09 Å². The maximum absolute atomic E-state index is 12.0. The van der Waals surface area contributed by atoms with E-state index in [1.165, 1.54) is 0 Å². The van der Waals surface area contributed by atoms with Crippen molar-refractivity contribution < 1.29 is 13.9 Å². The fourth-order valence-corrected chi connectivity index (χ4v) is 3.06. The van der Waals surface area contributed by atoms with Crippen molar-refractivity contribution in [3.05, 3.63) is 23.7 Å². The summed E-state index contributed by atoms with van der Waals surface area (Å²) in [5, 5.41) is 12.2. The predicted octanol–water partition coefficient (Wildman–Crippen LogP) is 2.11. The van der Waals surface area contributed by atoms with E-state index in [0.717, 1.165) is 18.8 Å². The standard InChI is InChI=1S/C16H21N3O3/c1-16(2,3)22-15(20)19-8-12-13(9-19)14(12)18-7-11-5-4-10(6-17)21-11/h4-5,12-14,18H,7-9H2,1-3H3. The highest BCUT2D eigenvalue weighted by molar-refractivity contribution is 5.69. The summed E-state index contributed by atoms with van der Waals surface area (Å²) >= 11 is 0. The largest absolute Gasteiger partial charge is 0.449 e. The lowest BCUT2D eigenvalue weighted by Gasteiger charge is -2.26. The van der Waals surface area contributed by atoms with Crippen molar-refractivity contribution in [2.75, 3.05) is 13.1 Å². The number of ether oxygens (including phenoxy) is 1. The number of nitrogens with zero attached hydrogens (tertiary/aromatic N) is 2. The van der Waals surface area contributed by atoms with Crippen LogP contribution in [-0.2, 0) is 11.3 Å². The van der Waals surface area contributed by atoms with Crippen LogP contribution in [0.1, 0.15) is 32.3 Å². The fourth-order valence-electron chi connectivity index (χ4n) is 3.06. The van der Waals surface area contributed by atoms with Crippen molar-refractivity contribution in [3.8, 4) is 6.07 Å². The van der Waals surface area contributed by atoms with Gasteiger partial charge in [0.1, 0.15) is 17.4 Å². The number of carbonyl (C=O) groups excluding carboxylic acids is 1. The van der Waals surface area contributed by atoms with Gasteiger partial charge in [0.05, 0.1) is 6.54 Å². The molecule has 3 rings (SSSR count). The Balaban J connectivity index is 1.43. The third-order valence-electron chi connectivity index (χ3n) is 4.13. The number of carbonyl (C=O) groups is 1. The van der Waals surface area contributed by atoms with Crippen LogP contribution in [0, 0.1) is 23.2 Å². The molecule has 1 N–H and O–H groups in total. The molecule has 1 aliphatic heterocycles. The molecule has 1 saturated carbocycles. The molecule has 2 aliphatic rings. The molecule has 6 nitrogen and oxygen atoms in total. The Hall–Kier alpha value is -2.00. The molecule has 6 heteroatoms. The smallest absolute Gasteiger partial charge is 0.410 e. The van der Waals surface area contributed by atoms with Crippen LogP contribution >= 0.6 is 0 Å². The molecule has 22 heavy (non-hydrogen) atoms. The van der Waals surface area contributed by atoms with Gasteiger partial charge in [0.2, 0.25) is 5.76 Å². The van der Waals surface area contributed by atoms with Gasteiger partial charge < -0.3 is 19.4 Å². The normalized spacial score (nSPS) is 26.5. The molecule has 0 aromatic carbocycles. The second kappa shape index (κ2) is 5.33. The van der Waals surface area contributed by atoms with Crippen molar-refractivity contribution in [2.24, 2.45) is 11.8 Å². The molecule has 2 atom stereocenters. The highest BCUT2D eigenvalue weighted by Crippen LogP contribution is 2.45. The van der Waals surface area contributed by atoms with E-state index in [4.69, 9.17) is 14.4 Å². The quantitative estimate of drug-likeness (QED) is 0.925. The van der Waals surface area contributed by atoms with Gasteiger partial charge in [0.25, 0.3) is 0 Å². The number of rotatable bonds is 3. The van der Waals surface area contributed by atoms with Crippen LogP contribution < -0.4 is 5.32 Å². The number of piperidine rings is 1. The summed E-state index contributed by atoms with van der Waals surface area (Å²) in [4.78, 5) is 13.8. The lowest BCUT2D eigenvalue weighted by Crippen LogP contribution is -2.39. The molecule has 2 unspecified atom stereocenters. The van der Waals surface area contributed by atoms with Crippen LogP contribution in [0.3, 0.4) is 0 Å². The summed E-state index contributed by atoms with van der Waals surface area (Å²) < 4.78 is 10.7. The molecule has 0 radical (unpaired) electrons. The van der Waals surface area contributed by atoms with Gasteiger partial charge in [-0.15, -0.1) is 0 Å². The van der Waals surface area contributed by atoms with Crippen LogP contribution in [-0.4, -0.2) is 35.7 Å². The molecule has 118 valence electrons. The number of likely N-dealkylation sites (tertiary alicyclic amines) is 1. The molecule has 2 fully saturated rings. The minimum atomic E-state index is -0.445. The number of nitrogens with one attached hydrogen (secondary N) is 1. The van der Waals surface area contributed by atoms with E-state index in [1.54, 1.807) is 11.0 Å². The highest BCUT2D eigenvalue weighted by Gasteiger charge is 2.56. The van der Waals surface area contributed by atoms with E-state index in [9.17, 15) is 4.79 Å². The molecule has 0 spiro atoms. The Labute approximate surface area is 130 Å². The van der Waals surface area contributed by atoms with Crippen LogP contribution in [0.4, 0.5) is 4.79 Å². The Kier molecular flexibility index (Phi) is 3.61. The summed E-state index contributed by atoms with van der Waals surface area (Å²) in [6.07, 6.45) is -0.219. The van der Waals surface area contributed by atoms with Crippen LogP contribution in [0.15, 0.2) is 16.5 Å². The monoisotopic (exact) mass is 303 g/mol. The first kappa shape index (κ1) is 14.9. The van der Waals surface area contributed by atoms with E-state index in [2.05, 4.69) is 5.32 Å². The zero-order valence-corrected chi connectivity index (χ0v) is 13.1. The van der Waals surface area contributed by atoms with Crippen molar-refractivity contribution in [1.29, 1.82) is 5.26 Å². The van der Waals surface area contributed by atoms with Crippen LogP contribution in [0.2, 0.25) is 0 Å². The average Bonchev–Trinajstić information content (AvgIpc) is 2.86. The first-order valence-electron chi connectivity index (χ1n) is 7.57. The second-order valence-electron chi connectivity index (χ2n) is 7.00. The molecule has 1 saturated heterocycles. The third kappa shape index (κ3) is 3.09. The molecule has 1 aliphatic carbocycles. The van der Waals surface area contributed by atoms with Crippen molar-refractivity contribution in [2.45, 2.75) is 39.0 Å². The maximum Gasteiger partial charge on any atom is 0.410 e. The van der Waals surface area contributed by atoms with Crippen LogP contribution in [0.25, 0.3) is 0 Å². The molecular weight excluding hydrogens is 282 g/mol. The van der Waals surface area contributed by atoms with E-state index in [-0.39, 0.29) is 6.09 Å². The predicted molar refractivity (Wildman–Crippen MR) is 78.8 cm³/mol. The highest BCUT2D eigenvalue weighted by atomic mass is 16.6. The number of hydrogen-bond donors (Lipinski definition) is 1. The molecule has 2 heterocycles. The van der Waals surface area contributed by atoms with E-state index in [1.807, 2.05) is 32.9 Å². The van der Waals surface area contributed by atoms with Gasteiger partial charge in [0, 0.05) is 19.1 Å². The van der Waals surface area contributed by atoms with Gasteiger partial charge in [-0.3, -0.25) is 0 Å². The Morgan fingerprint density at radius 3 is 2.68 bits per heavy atom. The molecule has 0 bridgehead atoms. The van der Waals surface area contributed by atoms with Gasteiger partial charge in [-0.05, 0) is 44.7 Å². The van der Waals surface area contributed by atoms with Gasteiger partial charge in [-0.1, -0.05) is 0 Å². The maximum atomic E-state index is 12.0. The fraction of sp³-hybridized carbons (Fsp3) is 0.625. The Morgan fingerprint density at radius 1 is 1.45 bits per heavy atom. The molecule has 1 amide bonds. The van der Waals surface area contributed by atoms with Crippen molar-refractivity contribution in [3.63, 3.8) is 0 Å². The van der Waals surface area contributed by atoms with Crippen molar-refractivity contribution >= 4 is 6.09 Å². The number of amides is 1. The average molecular weight is 303 g/mol. The van der Waals surface area contributed by atoms with Gasteiger partial charge in [0.15, 0.2) is 0 Å². The third-order valence-corrected chi connectivity index (χ3v) is 4.13. The van der Waals surface area contributed by atoms with Crippen LogP contribution in [0.5, 0.6) is 0 Å². The summed E-state index contributed by atoms with van der Waals surface area (Å²) in [6.45, 7) is 7.75. The second-order valence-corrected chi connectivity index (χ2v) is 7.00.